The standard InChI is InChI=1S/C17H27F2N/c1-4-5-6-7-8-9-10-17(20-3)14-12-15(18)13(2)11-16(14)19/h11-12,17,20H,4-10H2,1-3H3. The largest absolute Gasteiger partial charge is 0.313 e. The van der Waals surface area contributed by atoms with Gasteiger partial charge in [0, 0.05) is 11.6 Å². The van der Waals surface area contributed by atoms with Crippen molar-refractivity contribution in [1.82, 2.24) is 5.32 Å². The highest BCUT2D eigenvalue weighted by Crippen LogP contribution is 2.25. The molecule has 0 aliphatic heterocycles. The first-order chi connectivity index (χ1) is 9.60. The Morgan fingerprint density at radius 3 is 2.30 bits per heavy atom. The van der Waals surface area contributed by atoms with Gasteiger partial charge in [-0.15, -0.1) is 0 Å². The van der Waals surface area contributed by atoms with Crippen LogP contribution in [0.3, 0.4) is 0 Å². The molecule has 0 aromatic heterocycles. The van der Waals surface area contributed by atoms with Crippen molar-refractivity contribution >= 4 is 0 Å². The Labute approximate surface area is 121 Å². The first kappa shape index (κ1) is 17.1. The van der Waals surface area contributed by atoms with Gasteiger partial charge in [0.05, 0.1) is 0 Å². The van der Waals surface area contributed by atoms with Crippen LogP contribution in [0.2, 0.25) is 0 Å². The van der Waals surface area contributed by atoms with Crippen LogP contribution < -0.4 is 5.32 Å². The van der Waals surface area contributed by atoms with E-state index in [9.17, 15) is 8.78 Å². The van der Waals surface area contributed by atoms with E-state index < -0.39 is 0 Å². The number of aryl methyl sites for hydroxylation is 1. The Morgan fingerprint density at radius 1 is 1.00 bits per heavy atom. The molecule has 1 rings (SSSR count). The molecule has 0 saturated heterocycles. The lowest BCUT2D eigenvalue weighted by Gasteiger charge is -2.18. The first-order valence-corrected chi connectivity index (χ1v) is 7.73. The number of hydrogen-bond donors (Lipinski definition) is 1. The monoisotopic (exact) mass is 283 g/mol. The second-order valence-electron chi connectivity index (χ2n) is 5.52. The van der Waals surface area contributed by atoms with Crippen LogP contribution in [-0.2, 0) is 0 Å². The van der Waals surface area contributed by atoms with Crippen molar-refractivity contribution < 1.29 is 8.78 Å². The maximum Gasteiger partial charge on any atom is 0.128 e. The number of benzene rings is 1. The fraction of sp³-hybridized carbons (Fsp3) is 0.647. The van der Waals surface area contributed by atoms with E-state index in [0.717, 1.165) is 19.3 Å². The van der Waals surface area contributed by atoms with Crippen LogP contribution in [-0.4, -0.2) is 7.05 Å². The van der Waals surface area contributed by atoms with E-state index in [2.05, 4.69) is 12.2 Å². The fourth-order valence-corrected chi connectivity index (χ4v) is 2.51. The molecule has 1 aromatic rings. The highest BCUT2D eigenvalue weighted by molar-refractivity contribution is 5.27. The first-order valence-electron chi connectivity index (χ1n) is 7.73. The number of halogens is 2. The molecular formula is C17H27F2N. The quantitative estimate of drug-likeness (QED) is 0.608. The number of rotatable bonds is 9. The van der Waals surface area contributed by atoms with Gasteiger partial charge in [0.1, 0.15) is 11.6 Å². The summed E-state index contributed by atoms with van der Waals surface area (Å²) in [5, 5.41) is 3.10. The molecule has 114 valence electrons. The van der Waals surface area contributed by atoms with E-state index in [1.54, 1.807) is 14.0 Å². The van der Waals surface area contributed by atoms with Gasteiger partial charge in [0.2, 0.25) is 0 Å². The predicted molar refractivity (Wildman–Crippen MR) is 80.9 cm³/mol. The van der Waals surface area contributed by atoms with Gasteiger partial charge in [0.15, 0.2) is 0 Å². The van der Waals surface area contributed by atoms with E-state index in [1.807, 2.05) is 0 Å². The highest BCUT2D eigenvalue weighted by Gasteiger charge is 2.16. The van der Waals surface area contributed by atoms with Gasteiger partial charge in [0.25, 0.3) is 0 Å². The van der Waals surface area contributed by atoms with Gasteiger partial charge in [-0.3, -0.25) is 0 Å². The van der Waals surface area contributed by atoms with Gasteiger partial charge in [-0.1, -0.05) is 45.4 Å². The molecule has 0 amide bonds. The van der Waals surface area contributed by atoms with Crippen molar-refractivity contribution in [3.63, 3.8) is 0 Å². The lowest BCUT2D eigenvalue weighted by atomic mass is 9.98. The smallest absolute Gasteiger partial charge is 0.128 e. The summed E-state index contributed by atoms with van der Waals surface area (Å²) in [7, 11) is 1.80. The third kappa shape index (κ3) is 5.20. The fourth-order valence-electron chi connectivity index (χ4n) is 2.51. The molecule has 0 aliphatic carbocycles. The average molecular weight is 283 g/mol. The molecule has 0 radical (unpaired) electrons. The van der Waals surface area contributed by atoms with Crippen molar-refractivity contribution in [3.8, 4) is 0 Å². The summed E-state index contributed by atoms with van der Waals surface area (Å²) >= 11 is 0. The zero-order chi connectivity index (χ0) is 15.0. The maximum absolute atomic E-state index is 13.9. The predicted octanol–water partition coefficient (Wildman–Crippen LogP) is 5.28. The second-order valence-corrected chi connectivity index (χ2v) is 5.52. The van der Waals surface area contributed by atoms with Gasteiger partial charge in [-0.05, 0) is 38.1 Å². The Bertz CT molecular complexity index is 404. The lowest BCUT2D eigenvalue weighted by molar-refractivity contribution is 0.471. The van der Waals surface area contributed by atoms with Crippen LogP contribution in [0.25, 0.3) is 0 Å². The molecule has 3 heteroatoms. The minimum atomic E-state index is -0.329. The molecule has 20 heavy (non-hydrogen) atoms. The number of hydrogen-bond acceptors (Lipinski definition) is 1. The van der Waals surface area contributed by atoms with Crippen LogP contribution in [0.1, 0.15) is 69.0 Å². The van der Waals surface area contributed by atoms with E-state index in [0.29, 0.717) is 11.1 Å². The number of nitrogens with one attached hydrogen (secondary N) is 1. The molecule has 1 aromatic carbocycles. The van der Waals surface area contributed by atoms with Crippen LogP contribution >= 0.6 is 0 Å². The second kappa shape index (κ2) is 9.06. The summed E-state index contributed by atoms with van der Waals surface area (Å²) in [6.07, 6.45) is 8.09. The Morgan fingerprint density at radius 2 is 1.65 bits per heavy atom. The normalized spacial score (nSPS) is 12.7. The van der Waals surface area contributed by atoms with Crippen molar-refractivity contribution in [2.24, 2.45) is 0 Å². The molecule has 1 N–H and O–H groups in total. The van der Waals surface area contributed by atoms with Gasteiger partial charge in [-0.25, -0.2) is 8.78 Å². The highest BCUT2D eigenvalue weighted by atomic mass is 19.1. The summed E-state index contributed by atoms with van der Waals surface area (Å²) in [6, 6.07) is 2.52. The molecule has 0 bridgehead atoms. The topological polar surface area (TPSA) is 12.0 Å². The summed E-state index contributed by atoms with van der Waals surface area (Å²) in [5.41, 5.74) is 0.810. The Balaban J connectivity index is 2.52. The minimum Gasteiger partial charge on any atom is -0.313 e. The molecule has 1 atom stereocenters. The average Bonchev–Trinajstić information content (AvgIpc) is 2.43. The van der Waals surface area contributed by atoms with Crippen molar-refractivity contribution in [1.29, 1.82) is 0 Å². The van der Waals surface area contributed by atoms with Crippen LogP contribution in [0.5, 0.6) is 0 Å². The summed E-state index contributed by atoms with van der Waals surface area (Å²) in [5.74, 6) is -0.640. The van der Waals surface area contributed by atoms with Gasteiger partial charge in [-0.2, -0.15) is 0 Å². The van der Waals surface area contributed by atoms with Crippen molar-refractivity contribution in [2.45, 2.75) is 64.8 Å². The van der Waals surface area contributed by atoms with Crippen LogP contribution in [0.15, 0.2) is 12.1 Å². The summed E-state index contributed by atoms with van der Waals surface area (Å²) < 4.78 is 27.5. The molecule has 0 spiro atoms. The molecule has 0 saturated carbocycles. The molecule has 1 nitrogen and oxygen atoms in total. The third-order valence-corrected chi connectivity index (χ3v) is 3.85. The van der Waals surface area contributed by atoms with E-state index in [-0.39, 0.29) is 17.7 Å². The Hall–Kier alpha value is -0.960. The summed E-state index contributed by atoms with van der Waals surface area (Å²) in [4.78, 5) is 0. The molecule has 1 unspecified atom stereocenters. The van der Waals surface area contributed by atoms with Crippen molar-refractivity contribution in [2.75, 3.05) is 7.05 Å². The maximum atomic E-state index is 13.9. The molecule has 0 heterocycles. The van der Waals surface area contributed by atoms with E-state index in [4.69, 9.17) is 0 Å². The number of unbranched alkanes of at least 4 members (excludes halogenated alkanes) is 5. The molecular weight excluding hydrogens is 256 g/mol. The van der Waals surface area contributed by atoms with E-state index in [1.165, 1.54) is 37.8 Å². The zero-order valence-corrected chi connectivity index (χ0v) is 12.9. The zero-order valence-electron chi connectivity index (χ0n) is 12.9. The SMILES string of the molecule is CCCCCCCCC(NC)c1cc(F)c(C)cc1F. The van der Waals surface area contributed by atoms with Crippen LogP contribution in [0, 0.1) is 18.6 Å². The van der Waals surface area contributed by atoms with E-state index >= 15 is 0 Å². The summed E-state index contributed by atoms with van der Waals surface area (Å²) in [6.45, 7) is 3.79. The minimum absolute atomic E-state index is 0.101. The Kier molecular flexibility index (Phi) is 7.75. The van der Waals surface area contributed by atoms with Crippen LogP contribution in [0.4, 0.5) is 8.78 Å². The lowest BCUT2D eigenvalue weighted by Crippen LogP contribution is -2.18. The van der Waals surface area contributed by atoms with Gasteiger partial charge < -0.3 is 5.32 Å². The molecule has 0 fully saturated rings. The van der Waals surface area contributed by atoms with Gasteiger partial charge >= 0.3 is 0 Å². The third-order valence-electron chi connectivity index (χ3n) is 3.85. The molecule has 0 aliphatic rings. The van der Waals surface area contributed by atoms with Crippen molar-refractivity contribution in [3.05, 3.63) is 34.9 Å².